The zero-order chi connectivity index (χ0) is 22.1. The fraction of sp³-hybridized carbons (Fsp3) is 0.227. The van der Waals surface area contributed by atoms with Gasteiger partial charge in [-0.25, -0.2) is 4.98 Å². The molecule has 1 aromatic heterocycles. The van der Waals surface area contributed by atoms with Gasteiger partial charge in [0.1, 0.15) is 5.75 Å². The monoisotopic (exact) mass is 460 g/mol. The Kier molecular flexibility index (Phi) is 8.32. The lowest BCUT2D eigenvalue weighted by Gasteiger charge is -2.10. The highest BCUT2D eigenvalue weighted by Crippen LogP contribution is 2.27. The summed E-state index contributed by atoms with van der Waals surface area (Å²) in [4.78, 5) is 28.4. The number of aryl methyl sites for hydroxylation is 1. The molecule has 0 saturated carbocycles. The Morgan fingerprint density at radius 1 is 1.13 bits per heavy atom. The number of nitrogens with zero attached hydrogens (tertiary/aromatic N) is 2. The van der Waals surface area contributed by atoms with E-state index in [0.717, 1.165) is 0 Å². The number of nitrogens with one attached hydrogen (secondary N) is 2. The maximum Gasteiger partial charge on any atom is 0.251 e. The number of imidazole rings is 1. The molecule has 0 spiro atoms. The number of aromatic nitrogens is 2. The van der Waals surface area contributed by atoms with Crippen LogP contribution in [0.15, 0.2) is 61.2 Å². The Balaban J connectivity index is 1.40. The Hall–Kier alpha value is -3.03. The fourth-order valence-electron chi connectivity index (χ4n) is 2.76. The van der Waals surface area contributed by atoms with Crippen LogP contribution in [0.25, 0.3) is 0 Å². The molecule has 0 unspecified atom stereocenters. The van der Waals surface area contributed by atoms with Crippen molar-refractivity contribution in [1.82, 2.24) is 14.9 Å². The second kappa shape index (κ2) is 11.4. The highest BCUT2D eigenvalue weighted by molar-refractivity contribution is 6.35. The summed E-state index contributed by atoms with van der Waals surface area (Å²) in [5, 5.41) is 6.63. The maximum absolute atomic E-state index is 12.4. The maximum atomic E-state index is 12.4. The van der Waals surface area contributed by atoms with Crippen LogP contribution in [-0.4, -0.2) is 34.5 Å². The molecule has 0 atom stereocenters. The number of carbonyl (C=O) groups is 2. The third kappa shape index (κ3) is 7.31. The summed E-state index contributed by atoms with van der Waals surface area (Å²) in [6.45, 7) is 1.37. The molecule has 2 aromatic carbocycles. The molecule has 0 aliphatic rings. The van der Waals surface area contributed by atoms with Gasteiger partial charge < -0.3 is 19.9 Å². The standard InChI is InChI=1S/C22H22Cl2N4O3/c23-17-5-6-20(19(24)14-17)31-12-2-8-26-22(30)16-3-1-4-18(13-16)27-21(29)7-10-28-11-9-25-15-28/h1,3-6,9,11,13-15H,2,7-8,10,12H2,(H,26,30)(H,27,29). The van der Waals surface area contributed by atoms with Crippen LogP contribution >= 0.6 is 23.2 Å². The molecule has 0 aliphatic carbocycles. The van der Waals surface area contributed by atoms with E-state index in [9.17, 15) is 9.59 Å². The molecule has 162 valence electrons. The van der Waals surface area contributed by atoms with Crippen molar-refractivity contribution in [3.05, 3.63) is 76.8 Å². The van der Waals surface area contributed by atoms with Crippen molar-refractivity contribution >= 4 is 40.7 Å². The Labute approximate surface area is 190 Å². The summed E-state index contributed by atoms with van der Waals surface area (Å²) >= 11 is 11.9. The van der Waals surface area contributed by atoms with Crippen molar-refractivity contribution in [3.8, 4) is 5.75 Å². The molecule has 2 N–H and O–H groups in total. The predicted octanol–water partition coefficient (Wildman–Crippen LogP) is 4.42. The van der Waals surface area contributed by atoms with Crippen LogP contribution in [0.5, 0.6) is 5.75 Å². The first-order valence-electron chi connectivity index (χ1n) is 9.73. The molecular formula is C22H22Cl2N4O3. The Morgan fingerprint density at radius 3 is 2.77 bits per heavy atom. The van der Waals surface area contributed by atoms with Gasteiger partial charge in [-0.1, -0.05) is 29.3 Å². The lowest BCUT2D eigenvalue weighted by Crippen LogP contribution is -2.25. The van der Waals surface area contributed by atoms with Gasteiger partial charge >= 0.3 is 0 Å². The van der Waals surface area contributed by atoms with E-state index in [0.29, 0.717) is 59.6 Å². The number of rotatable bonds is 10. The van der Waals surface area contributed by atoms with E-state index in [-0.39, 0.29) is 11.8 Å². The van der Waals surface area contributed by atoms with Crippen molar-refractivity contribution in [2.24, 2.45) is 0 Å². The lowest BCUT2D eigenvalue weighted by atomic mass is 10.2. The molecule has 0 aliphatic heterocycles. The molecule has 3 aromatic rings. The summed E-state index contributed by atoms with van der Waals surface area (Å²) in [6, 6.07) is 11.8. The van der Waals surface area contributed by atoms with Crippen molar-refractivity contribution in [2.45, 2.75) is 19.4 Å². The topological polar surface area (TPSA) is 85.2 Å². The van der Waals surface area contributed by atoms with Crippen LogP contribution in [-0.2, 0) is 11.3 Å². The van der Waals surface area contributed by atoms with Crippen LogP contribution < -0.4 is 15.4 Å². The minimum Gasteiger partial charge on any atom is -0.492 e. The van der Waals surface area contributed by atoms with Crippen molar-refractivity contribution in [2.75, 3.05) is 18.5 Å². The van der Waals surface area contributed by atoms with Gasteiger partial charge in [0, 0.05) is 48.2 Å². The number of benzene rings is 2. The van der Waals surface area contributed by atoms with Gasteiger partial charge in [-0.2, -0.15) is 0 Å². The fourth-order valence-corrected chi connectivity index (χ4v) is 3.22. The van der Waals surface area contributed by atoms with E-state index < -0.39 is 0 Å². The van der Waals surface area contributed by atoms with Crippen LogP contribution in [0.3, 0.4) is 0 Å². The first kappa shape index (κ1) is 22.7. The summed E-state index contributed by atoms with van der Waals surface area (Å²) < 4.78 is 7.42. The molecule has 0 radical (unpaired) electrons. The molecule has 0 fully saturated rings. The molecule has 0 saturated heterocycles. The van der Waals surface area contributed by atoms with Gasteiger partial charge in [0.2, 0.25) is 5.91 Å². The summed E-state index contributed by atoms with van der Waals surface area (Å²) in [7, 11) is 0. The Bertz CT molecular complexity index is 1030. The van der Waals surface area contributed by atoms with E-state index in [1.54, 1.807) is 61.2 Å². The SMILES string of the molecule is O=C(CCn1ccnc1)Nc1cccc(C(=O)NCCCOc2ccc(Cl)cc2Cl)c1. The number of halogens is 2. The van der Waals surface area contributed by atoms with Crippen LogP contribution in [0.4, 0.5) is 5.69 Å². The smallest absolute Gasteiger partial charge is 0.251 e. The van der Waals surface area contributed by atoms with Gasteiger partial charge in [0.05, 0.1) is 18.0 Å². The van der Waals surface area contributed by atoms with Gasteiger partial charge in [0.15, 0.2) is 0 Å². The van der Waals surface area contributed by atoms with Crippen molar-refractivity contribution in [1.29, 1.82) is 0 Å². The molecule has 2 amide bonds. The summed E-state index contributed by atoms with van der Waals surface area (Å²) in [6.07, 6.45) is 6.04. The highest BCUT2D eigenvalue weighted by Gasteiger charge is 2.08. The van der Waals surface area contributed by atoms with Crippen LogP contribution in [0, 0.1) is 0 Å². The first-order valence-corrected chi connectivity index (χ1v) is 10.5. The Morgan fingerprint density at radius 2 is 2.00 bits per heavy atom. The third-order valence-corrected chi connectivity index (χ3v) is 4.85. The number of hydrogen-bond donors (Lipinski definition) is 2. The zero-order valence-corrected chi connectivity index (χ0v) is 18.2. The minimum atomic E-state index is -0.223. The number of ether oxygens (including phenoxy) is 1. The zero-order valence-electron chi connectivity index (χ0n) is 16.7. The van der Waals surface area contributed by atoms with E-state index in [2.05, 4.69) is 15.6 Å². The first-order chi connectivity index (χ1) is 15.0. The van der Waals surface area contributed by atoms with E-state index in [1.807, 2.05) is 4.57 Å². The van der Waals surface area contributed by atoms with Gasteiger partial charge in [0.25, 0.3) is 5.91 Å². The molecule has 31 heavy (non-hydrogen) atoms. The van der Waals surface area contributed by atoms with Gasteiger partial charge in [-0.05, 0) is 42.8 Å². The van der Waals surface area contributed by atoms with E-state index >= 15 is 0 Å². The number of amides is 2. The minimum absolute atomic E-state index is 0.135. The molecule has 0 bridgehead atoms. The van der Waals surface area contributed by atoms with E-state index in [4.69, 9.17) is 27.9 Å². The highest BCUT2D eigenvalue weighted by atomic mass is 35.5. The van der Waals surface area contributed by atoms with Gasteiger partial charge in [-0.15, -0.1) is 0 Å². The largest absolute Gasteiger partial charge is 0.492 e. The molecule has 7 nitrogen and oxygen atoms in total. The number of anilines is 1. The molecule has 1 heterocycles. The van der Waals surface area contributed by atoms with E-state index in [1.165, 1.54) is 0 Å². The third-order valence-electron chi connectivity index (χ3n) is 4.32. The second-order valence-electron chi connectivity index (χ2n) is 6.71. The van der Waals surface area contributed by atoms with Gasteiger partial charge in [-0.3, -0.25) is 9.59 Å². The molecular weight excluding hydrogens is 439 g/mol. The average molecular weight is 461 g/mol. The number of hydrogen-bond acceptors (Lipinski definition) is 4. The lowest BCUT2D eigenvalue weighted by molar-refractivity contribution is -0.116. The van der Waals surface area contributed by atoms with Crippen LogP contribution in [0.1, 0.15) is 23.2 Å². The van der Waals surface area contributed by atoms with Crippen molar-refractivity contribution in [3.63, 3.8) is 0 Å². The van der Waals surface area contributed by atoms with Crippen molar-refractivity contribution < 1.29 is 14.3 Å². The molecule has 3 rings (SSSR count). The number of carbonyl (C=O) groups excluding carboxylic acids is 2. The normalized spacial score (nSPS) is 10.5. The summed E-state index contributed by atoms with van der Waals surface area (Å²) in [5.74, 6) is 0.192. The predicted molar refractivity (Wildman–Crippen MR) is 121 cm³/mol. The quantitative estimate of drug-likeness (QED) is 0.438. The second-order valence-corrected chi connectivity index (χ2v) is 7.56. The average Bonchev–Trinajstić information content (AvgIpc) is 3.27. The summed E-state index contributed by atoms with van der Waals surface area (Å²) in [5.41, 5.74) is 1.04. The molecule has 9 heteroatoms. The van der Waals surface area contributed by atoms with Crippen LogP contribution in [0.2, 0.25) is 10.0 Å².